The van der Waals surface area contributed by atoms with Gasteiger partial charge in [0, 0.05) is 7.05 Å². The highest BCUT2D eigenvalue weighted by Gasteiger charge is 2.21. The molecule has 0 spiro atoms. The summed E-state index contributed by atoms with van der Waals surface area (Å²) in [6, 6.07) is 29.8. The molecule has 4 aromatic rings. The van der Waals surface area contributed by atoms with Crippen LogP contribution in [-0.4, -0.2) is 15.5 Å². The molecule has 0 unspecified atom stereocenters. The molecule has 0 amide bonds. The molecule has 0 aliphatic rings. The van der Waals surface area contributed by atoms with Crippen LogP contribution in [0.25, 0.3) is 10.8 Å². The van der Waals surface area contributed by atoms with Crippen LogP contribution in [0.3, 0.4) is 0 Å². The molecule has 0 heterocycles. The van der Waals surface area contributed by atoms with Crippen LogP contribution < -0.4 is 9.04 Å². The average Bonchev–Trinajstić information content (AvgIpc) is 2.78. The van der Waals surface area contributed by atoms with Gasteiger partial charge in [0.25, 0.3) is 10.0 Å². The Balaban J connectivity index is 1.52. The molecule has 4 nitrogen and oxygen atoms in total. The zero-order valence-electron chi connectivity index (χ0n) is 16.0. The molecule has 0 aromatic heterocycles. The van der Waals surface area contributed by atoms with Gasteiger partial charge in [-0.1, -0.05) is 60.7 Å². The first-order valence-electron chi connectivity index (χ1n) is 9.28. The zero-order chi connectivity index (χ0) is 20.3. The summed E-state index contributed by atoms with van der Waals surface area (Å²) in [6.45, 7) is 0.464. The second-order valence-electron chi connectivity index (χ2n) is 6.75. The minimum Gasteiger partial charge on any atom is -0.489 e. The van der Waals surface area contributed by atoms with E-state index in [2.05, 4.69) is 0 Å². The van der Waals surface area contributed by atoms with Crippen molar-refractivity contribution < 1.29 is 13.2 Å². The first-order chi connectivity index (χ1) is 14.0. The number of anilines is 1. The van der Waals surface area contributed by atoms with Gasteiger partial charge >= 0.3 is 0 Å². The summed E-state index contributed by atoms with van der Waals surface area (Å²) in [5.74, 6) is 0.689. The van der Waals surface area contributed by atoms with Gasteiger partial charge in [-0.2, -0.15) is 0 Å². The first kappa shape index (κ1) is 19.0. The lowest BCUT2D eigenvalue weighted by Crippen LogP contribution is -2.26. The average molecular weight is 404 g/mol. The summed E-state index contributed by atoms with van der Waals surface area (Å²) in [6.07, 6.45) is 0. The Kier molecular flexibility index (Phi) is 5.23. The number of rotatable bonds is 6. The van der Waals surface area contributed by atoms with Crippen LogP contribution in [0.15, 0.2) is 102 Å². The van der Waals surface area contributed by atoms with E-state index < -0.39 is 10.0 Å². The highest BCUT2D eigenvalue weighted by molar-refractivity contribution is 7.92. The van der Waals surface area contributed by atoms with Crippen molar-refractivity contribution in [3.63, 3.8) is 0 Å². The second-order valence-corrected chi connectivity index (χ2v) is 8.72. The fourth-order valence-electron chi connectivity index (χ4n) is 3.12. The number of nitrogens with zero attached hydrogens (tertiary/aromatic N) is 1. The number of hydrogen-bond acceptors (Lipinski definition) is 3. The Hall–Kier alpha value is -3.31. The van der Waals surface area contributed by atoms with Crippen LogP contribution in [0.5, 0.6) is 5.75 Å². The number of fused-ring (bicyclic) bond motifs is 1. The third-order valence-corrected chi connectivity index (χ3v) is 6.61. The zero-order valence-corrected chi connectivity index (χ0v) is 16.8. The van der Waals surface area contributed by atoms with Crippen molar-refractivity contribution in [3.8, 4) is 5.75 Å². The van der Waals surface area contributed by atoms with Crippen LogP contribution >= 0.6 is 0 Å². The van der Waals surface area contributed by atoms with E-state index >= 15 is 0 Å². The van der Waals surface area contributed by atoms with Gasteiger partial charge in [-0.3, -0.25) is 4.31 Å². The van der Waals surface area contributed by atoms with Gasteiger partial charge in [0.05, 0.1) is 10.6 Å². The molecule has 0 saturated carbocycles. The lowest BCUT2D eigenvalue weighted by Gasteiger charge is -2.20. The first-order valence-corrected chi connectivity index (χ1v) is 10.7. The molecule has 4 aromatic carbocycles. The Morgan fingerprint density at radius 2 is 1.41 bits per heavy atom. The normalized spacial score (nSPS) is 11.3. The molecule has 0 aliphatic carbocycles. The van der Waals surface area contributed by atoms with Crippen molar-refractivity contribution in [1.82, 2.24) is 0 Å². The Morgan fingerprint density at radius 3 is 2.14 bits per heavy atom. The number of benzene rings is 4. The van der Waals surface area contributed by atoms with E-state index in [1.54, 1.807) is 43.4 Å². The van der Waals surface area contributed by atoms with E-state index in [4.69, 9.17) is 4.74 Å². The van der Waals surface area contributed by atoms with Crippen LogP contribution in [0, 0.1) is 0 Å². The maximum Gasteiger partial charge on any atom is 0.264 e. The Labute approximate surface area is 171 Å². The van der Waals surface area contributed by atoms with Gasteiger partial charge in [0.2, 0.25) is 0 Å². The SMILES string of the molecule is CN(c1ccc(OCc2ccccc2)cc1)S(=O)(=O)c1ccc2ccccc2c1. The smallest absolute Gasteiger partial charge is 0.264 e. The molecular weight excluding hydrogens is 382 g/mol. The van der Waals surface area contributed by atoms with Gasteiger partial charge in [-0.05, 0) is 52.7 Å². The molecule has 4 rings (SSSR count). The quantitative estimate of drug-likeness (QED) is 0.442. The molecule has 0 bridgehead atoms. The lowest BCUT2D eigenvalue weighted by molar-refractivity contribution is 0.306. The summed E-state index contributed by atoms with van der Waals surface area (Å²) in [5.41, 5.74) is 1.65. The van der Waals surface area contributed by atoms with Crippen LogP contribution in [-0.2, 0) is 16.6 Å². The third kappa shape index (κ3) is 4.10. The minimum atomic E-state index is -3.66. The van der Waals surface area contributed by atoms with Crippen LogP contribution in [0.4, 0.5) is 5.69 Å². The highest BCUT2D eigenvalue weighted by atomic mass is 32.2. The standard InChI is InChI=1S/C24H21NO3S/c1-25(29(26,27)24-16-11-20-9-5-6-10-21(20)17-24)22-12-14-23(15-13-22)28-18-19-7-3-2-4-8-19/h2-17H,18H2,1H3. The van der Waals surface area contributed by atoms with Crippen molar-refractivity contribution in [2.75, 3.05) is 11.4 Å². The molecule has 0 atom stereocenters. The van der Waals surface area contributed by atoms with Crippen LogP contribution in [0.2, 0.25) is 0 Å². The molecule has 0 radical (unpaired) electrons. The summed E-state index contributed by atoms with van der Waals surface area (Å²) < 4.78 is 33.2. The highest BCUT2D eigenvalue weighted by Crippen LogP contribution is 2.26. The molecule has 0 saturated heterocycles. The van der Waals surface area contributed by atoms with Crippen molar-refractivity contribution >= 4 is 26.5 Å². The van der Waals surface area contributed by atoms with Gasteiger partial charge < -0.3 is 4.74 Å². The number of ether oxygens (including phenoxy) is 1. The van der Waals surface area contributed by atoms with Gasteiger partial charge in [0.15, 0.2) is 0 Å². The molecule has 29 heavy (non-hydrogen) atoms. The summed E-state index contributed by atoms with van der Waals surface area (Å²) in [5, 5.41) is 1.90. The molecule has 0 fully saturated rings. The van der Waals surface area contributed by atoms with Crippen molar-refractivity contribution in [1.29, 1.82) is 0 Å². The largest absolute Gasteiger partial charge is 0.489 e. The fraction of sp³-hybridized carbons (Fsp3) is 0.0833. The van der Waals surface area contributed by atoms with E-state index in [9.17, 15) is 8.42 Å². The van der Waals surface area contributed by atoms with Gasteiger partial charge in [-0.25, -0.2) is 8.42 Å². The maximum atomic E-state index is 13.1. The van der Waals surface area contributed by atoms with E-state index in [0.29, 0.717) is 18.0 Å². The minimum absolute atomic E-state index is 0.267. The predicted molar refractivity (Wildman–Crippen MR) is 117 cm³/mol. The van der Waals surface area contributed by atoms with Crippen molar-refractivity contribution in [2.24, 2.45) is 0 Å². The number of hydrogen-bond donors (Lipinski definition) is 0. The van der Waals surface area contributed by atoms with Crippen molar-refractivity contribution in [3.05, 3.63) is 103 Å². The van der Waals surface area contributed by atoms with E-state index in [1.165, 1.54) is 4.31 Å². The second kappa shape index (κ2) is 7.97. The fourth-order valence-corrected chi connectivity index (χ4v) is 4.35. The maximum absolute atomic E-state index is 13.1. The Morgan fingerprint density at radius 1 is 0.759 bits per heavy atom. The van der Waals surface area contributed by atoms with Gasteiger partial charge in [0.1, 0.15) is 12.4 Å². The monoisotopic (exact) mass is 403 g/mol. The summed E-state index contributed by atoms with van der Waals surface area (Å²) in [4.78, 5) is 0.267. The lowest BCUT2D eigenvalue weighted by atomic mass is 10.1. The summed E-state index contributed by atoms with van der Waals surface area (Å²) in [7, 11) is -2.10. The summed E-state index contributed by atoms with van der Waals surface area (Å²) >= 11 is 0. The molecule has 5 heteroatoms. The van der Waals surface area contributed by atoms with E-state index in [0.717, 1.165) is 16.3 Å². The topological polar surface area (TPSA) is 46.6 Å². The van der Waals surface area contributed by atoms with Crippen LogP contribution in [0.1, 0.15) is 5.56 Å². The Bertz CT molecular complexity index is 1220. The number of sulfonamides is 1. The third-order valence-electron chi connectivity index (χ3n) is 4.83. The molecule has 0 aliphatic heterocycles. The molecular formula is C24H21NO3S. The molecule has 0 N–H and O–H groups in total. The van der Waals surface area contributed by atoms with E-state index in [-0.39, 0.29) is 4.90 Å². The van der Waals surface area contributed by atoms with Gasteiger partial charge in [-0.15, -0.1) is 0 Å². The predicted octanol–water partition coefficient (Wildman–Crippen LogP) is 5.24. The van der Waals surface area contributed by atoms with E-state index in [1.807, 2.05) is 60.7 Å². The molecule has 146 valence electrons. The van der Waals surface area contributed by atoms with Crippen molar-refractivity contribution in [2.45, 2.75) is 11.5 Å².